The minimum atomic E-state index is -0.821. The van der Waals surface area contributed by atoms with Crippen LogP contribution in [0.1, 0.15) is 226 Å². The molecule has 0 saturated heterocycles. The van der Waals surface area contributed by atoms with Crippen LogP contribution in [0.5, 0.6) is 0 Å². The van der Waals surface area contributed by atoms with Gasteiger partial charge >= 0.3 is 17.9 Å². The Labute approximate surface area is 400 Å². The Morgan fingerprint density at radius 2 is 0.631 bits per heavy atom. The molecule has 0 aromatic heterocycles. The largest absolute Gasteiger partial charge is 0.462 e. The van der Waals surface area contributed by atoms with E-state index in [1.54, 1.807) is 0 Å². The Balaban J connectivity index is 4.55. The Morgan fingerprint density at radius 1 is 0.323 bits per heavy atom. The molecule has 0 heterocycles. The van der Waals surface area contributed by atoms with Gasteiger partial charge in [-0.2, -0.15) is 0 Å². The van der Waals surface area contributed by atoms with Crippen LogP contribution in [0.25, 0.3) is 0 Å². The van der Waals surface area contributed by atoms with E-state index in [0.717, 1.165) is 103 Å². The van der Waals surface area contributed by atoms with Gasteiger partial charge in [0, 0.05) is 19.3 Å². The quantitative estimate of drug-likeness (QED) is 0.0199. The first-order valence-electron chi connectivity index (χ1n) is 26.4. The molecule has 368 valence electrons. The van der Waals surface area contributed by atoms with E-state index in [0.29, 0.717) is 19.3 Å². The predicted molar refractivity (Wildman–Crippen MR) is 279 cm³/mol. The molecule has 0 rings (SSSR count). The lowest BCUT2D eigenvalue weighted by atomic mass is 10.1. The highest BCUT2D eigenvalue weighted by Gasteiger charge is 2.19. The van der Waals surface area contributed by atoms with E-state index in [2.05, 4.69) is 130 Å². The minimum Gasteiger partial charge on any atom is -0.462 e. The van der Waals surface area contributed by atoms with Crippen molar-refractivity contribution >= 4 is 17.9 Å². The lowest BCUT2D eigenvalue weighted by Gasteiger charge is -2.18. The Morgan fingerprint density at radius 3 is 1.06 bits per heavy atom. The second kappa shape index (κ2) is 52.7. The van der Waals surface area contributed by atoms with Crippen molar-refractivity contribution < 1.29 is 28.6 Å². The fourth-order valence-electron chi connectivity index (χ4n) is 6.79. The number of allylic oxidation sites excluding steroid dienone is 18. The number of hydrogen-bond acceptors (Lipinski definition) is 6. The normalized spacial score (nSPS) is 13.0. The molecule has 0 N–H and O–H groups in total. The van der Waals surface area contributed by atoms with Gasteiger partial charge in [0.25, 0.3) is 0 Å². The van der Waals surface area contributed by atoms with Crippen molar-refractivity contribution in [1.29, 1.82) is 0 Å². The van der Waals surface area contributed by atoms with Gasteiger partial charge in [0.2, 0.25) is 0 Å². The van der Waals surface area contributed by atoms with Gasteiger partial charge in [-0.1, -0.05) is 207 Å². The highest BCUT2D eigenvalue weighted by Crippen LogP contribution is 2.12. The van der Waals surface area contributed by atoms with E-state index in [4.69, 9.17) is 14.2 Å². The molecule has 0 aromatic rings. The zero-order chi connectivity index (χ0) is 47.2. The summed E-state index contributed by atoms with van der Waals surface area (Å²) in [5, 5.41) is 0. The third kappa shape index (κ3) is 50.9. The summed E-state index contributed by atoms with van der Waals surface area (Å²) in [5.41, 5.74) is 0. The zero-order valence-electron chi connectivity index (χ0n) is 42.0. The van der Waals surface area contributed by atoms with Crippen LogP contribution in [0, 0.1) is 0 Å². The van der Waals surface area contributed by atoms with Gasteiger partial charge < -0.3 is 14.2 Å². The molecule has 0 aliphatic carbocycles. The van der Waals surface area contributed by atoms with Crippen LogP contribution >= 0.6 is 0 Å². The number of carbonyl (C=O) groups is 3. The molecule has 6 heteroatoms. The summed E-state index contributed by atoms with van der Waals surface area (Å²) < 4.78 is 16.7. The smallest absolute Gasteiger partial charge is 0.306 e. The van der Waals surface area contributed by atoms with Gasteiger partial charge in [0.15, 0.2) is 6.10 Å². The number of ether oxygens (including phenoxy) is 3. The standard InChI is InChI=1S/C59H96O6/c1-4-7-10-13-16-19-22-25-27-29-31-32-34-37-40-43-46-49-52-58(61)64-55-56(54-63-57(60)51-48-45-42-39-36-24-21-18-15-12-9-6-3)65-59(62)53-50-47-44-41-38-35-33-30-28-26-23-20-17-14-11-8-5-2/h16-22,25-29,31-33,35,41,44,56H,4-15,23-24,30,34,36-40,42-43,45-55H2,1-3H3/b19-16-,20-17-,21-18-,25-22-,28-26-,29-27-,32-31-,35-33-,44-41-. The number of rotatable bonds is 46. The predicted octanol–water partition coefficient (Wildman–Crippen LogP) is 17.5. The molecule has 0 fully saturated rings. The van der Waals surface area contributed by atoms with Gasteiger partial charge in [0.05, 0.1) is 0 Å². The summed E-state index contributed by atoms with van der Waals surface area (Å²) in [6.45, 7) is 6.46. The molecule has 0 bridgehead atoms. The SMILES string of the molecule is CCCCC\C=C/C=C\C=C/C=C\CCCCCCCC(=O)OCC(COC(=O)CCCCCCC/C=C\CCCCC)OC(=O)CCC/C=C\C/C=C\C/C=C\C/C=C\CCCCC. The number of unbranched alkanes of at least 4 members (excludes halogenated alkanes) is 20. The lowest BCUT2D eigenvalue weighted by molar-refractivity contribution is -0.167. The van der Waals surface area contributed by atoms with Gasteiger partial charge in [0.1, 0.15) is 13.2 Å². The maximum absolute atomic E-state index is 12.8. The van der Waals surface area contributed by atoms with Gasteiger partial charge in [-0.3, -0.25) is 14.4 Å². The fourth-order valence-corrected chi connectivity index (χ4v) is 6.79. The van der Waals surface area contributed by atoms with E-state index >= 15 is 0 Å². The maximum atomic E-state index is 12.8. The highest BCUT2D eigenvalue weighted by atomic mass is 16.6. The number of esters is 3. The van der Waals surface area contributed by atoms with Crippen LogP contribution in [0.4, 0.5) is 0 Å². The summed E-state index contributed by atoms with van der Waals surface area (Å²) in [7, 11) is 0. The van der Waals surface area contributed by atoms with Crippen molar-refractivity contribution in [2.24, 2.45) is 0 Å². The molecule has 0 aromatic carbocycles. The molecule has 65 heavy (non-hydrogen) atoms. The average molecular weight is 901 g/mol. The van der Waals surface area contributed by atoms with E-state index < -0.39 is 6.10 Å². The fraction of sp³-hybridized carbons (Fsp3) is 0.644. The monoisotopic (exact) mass is 901 g/mol. The lowest BCUT2D eigenvalue weighted by Crippen LogP contribution is -2.30. The van der Waals surface area contributed by atoms with E-state index in [1.165, 1.54) is 77.0 Å². The summed E-state index contributed by atoms with van der Waals surface area (Å²) in [4.78, 5) is 38.0. The topological polar surface area (TPSA) is 78.9 Å². The van der Waals surface area contributed by atoms with Crippen molar-refractivity contribution in [3.63, 3.8) is 0 Å². The van der Waals surface area contributed by atoms with Crippen molar-refractivity contribution in [2.75, 3.05) is 13.2 Å². The summed E-state index contributed by atoms with van der Waals surface area (Å²) in [5.74, 6) is -1.01. The first kappa shape index (κ1) is 61.1. The van der Waals surface area contributed by atoms with Crippen LogP contribution in [0.2, 0.25) is 0 Å². The number of hydrogen-bond donors (Lipinski definition) is 0. The molecule has 0 saturated carbocycles. The maximum Gasteiger partial charge on any atom is 0.306 e. The van der Waals surface area contributed by atoms with E-state index in [1.807, 2.05) is 0 Å². The summed E-state index contributed by atoms with van der Waals surface area (Å²) in [6, 6.07) is 0. The Bertz CT molecular complexity index is 1360. The van der Waals surface area contributed by atoms with Crippen LogP contribution in [-0.2, 0) is 28.6 Å². The highest BCUT2D eigenvalue weighted by molar-refractivity contribution is 5.71. The molecular formula is C59H96O6. The third-order valence-electron chi connectivity index (χ3n) is 10.8. The first-order chi connectivity index (χ1) is 32.0. The summed E-state index contributed by atoms with van der Waals surface area (Å²) in [6.07, 6.45) is 70.7. The van der Waals surface area contributed by atoms with Crippen molar-refractivity contribution in [1.82, 2.24) is 0 Å². The molecule has 0 radical (unpaired) electrons. The van der Waals surface area contributed by atoms with Crippen molar-refractivity contribution in [3.8, 4) is 0 Å². The second-order valence-corrected chi connectivity index (χ2v) is 17.2. The summed E-state index contributed by atoms with van der Waals surface area (Å²) >= 11 is 0. The Hall–Kier alpha value is -3.93. The molecule has 0 amide bonds. The average Bonchev–Trinajstić information content (AvgIpc) is 3.30. The second-order valence-electron chi connectivity index (χ2n) is 17.2. The Kier molecular flexibility index (Phi) is 49.5. The van der Waals surface area contributed by atoms with Crippen LogP contribution in [-0.4, -0.2) is 37.2 Å². The number of carbonyl (C=O) groups excluding carboxylic acids is 3. The van der Waals surface area contributed by atoms with Crippen molar-refractivity contribution in [3.05, 3.63) is 109 Å². The molecule has 1 atom stereocenters. The van der Waals surface area contributed by atoms with Gasteiger partial charge in [-0.05, 0) is 109 Å². The van der Waals surface area contributed by atoms with E-state index in [-0.39, 0.29) is 37.5 Å². The van der Waals surface area contributed by atoms with Crippen LogP contribution in [0.15, 0.2) is 109 Å². The van der Waals surface area contributed by atoms with Crippen LogP contribution in [0.3, 0.4) is 0 Å². The van der Waals surface area contributed by atoms with Crippen LogP contribution < -0.4 is 0 Å². The molecule has 6 nitrogen and oxygen atoms in total. The van der Waals surface area contributed by atoms with E-state index in [9.17, 15) is 14.4 Å². The first-order valence-corrected chi connectivity index (χ1v) is 26.4. The van der Waals surface area contributed by atoms with Crippen molar-refractivity contribution in [2.45, 2.75) is 232 Å². The zero-order valence-corrected chi connectivity index (χ0v) is 42.0. The third-order valence-corrected chi connectivity index (χ3v) is 10.8. The van der Waals surface area contributed by atoms with Gasteiger partial charge in [-0.15, -0.1) is 0 Å². The van der Waals surface area contributed by atoms with Gasteiger partial charge in [-0.25, -0.2) is 0 Å². The molecule has 0 aliphatic heterocycles. The molecule has 0 aliphatic rings. The molecule has 0 spiro atoms. The molecular weight excluding hydrogens is 805 g/mol. The minimum absolute atomic E-state index is 0.114. The molecule has 1 unspecified atom stereocenters.